The predicted octanol–water partition coefficient (Wildman–Crippen LogP) is -6.76. The summed E-state index contributed by atoms with van der Waals surface area (Å²) in [6, 6.07) is 13.1. The Morgan fingerprint density at radius 1 is 0.439 bits per heavy atom. The van der Waals surface area contributed by atoms with Gasteiger partial charge in [-0.15, -0.1) is 0 Å². The normalized spacial score (nSPS) is 11.5. The van der Waals surface area contributed by atoms with Crippen LogP contribution >= 0.6 is 0 Å². The minimum atomic E-state index is -4.92. The van der Waals surface area contributed by atoms with Gasteiger partial charge in [0, 0.05) is 45.4 Å². The Morgan fingerprint density at radius 2 is 0.727 bits per heavy atom. The zero-order chi connectivity index (χ0) is 45.9. The molecule has 4 amide bonds. The molecule has 66 heavy (non-hydrogen) atoms. The van der Waals surface area contributed by atoms with Crippen molar-refractivity contribution in [3.63, 3.8) is 0 Å². The molecule has 0 aliphatic rings. The van der Waals surface area contributed by atoms with E-state index in [-0.39, 0.29) is 179 Å². The SMILES string of the molecule is Cc1ccc(C(=O)NC(=O)NC(=O)c2ccc(C)c(Nc3cc(S(=O)(=O)O)cc4cc(S(=O)(=O)O)cc(O)c34)c2)cc1Nc1cc(S(=O)(=O)O)cc2cc(S(=O)(=O)O)cc(O)c12.[H-].[H-].[H-].[H-].[Na+].[Na+].[Na+].[Na+]. The number of fused-ring (bicyclic) bond motifs is 2. The summed E-state index contributed by atoms with van der Waals surface area (Å²) < 4.78 is 134. The molecule has 0 radical (unpaired) electrons. The number of aryl methyl sites for hydroxylation is 2. The van der Waals surface area contributed by atoms with Crippen LogP contribution in [0.15, 0.2) is 105 Å². The zero-order valence-electron chi connectivity index (χ0n) is 39.4. The zero-order valence-corrected chi connectivity index (χ0v) is 46.7. The van der Waals surface area contributed by atoms with Crippen molar-refractivity contribution in [2.45, 2.75) is 33.4 Å². The molecule has 21 nitrogen and oxygen atoms in total. The van der Waals surface area contributed by atoms with Crippen LogP contribution in [0.25, 0.3) is 21.5 Å². The van der Waals surface area contributed by atoms with E-state index in [4.69, 9.17) is 0 Å². The molecule has 6 aromatic carbocycles. The first-order valence-electron chi connectivity index (χ1n) is 17.0. The quantitative estimate of drug-likeness (QED) is 0.0450. The van der Waals surface area contributed by atoms with Gasteiger partial charge in [0.15, 0.2) is 0 Å². The van der Waals surface area contributed by atoms with Crippen molar-refractivity contribution in [1.82, 2.24) is 10.6 Å². The average molecular weight is 1030 g/mol. The summed E-state index contributed by atoms with van der Waals surface area (Å²) in [5.74, 6) is -3.55. The van der Waals surface area contributed by atoms with Gasteiger partial charge in [-0.2, -0.15) is 33.7 Å². The number of carbonyl (C=O) groups is 3. The van der Waals surface area contributed by atoms with Crippen LogP contribution in [0.5, 0.6) is 11.5 Å². The van der Waals surface area contributed by atoms with Crippen LogP contribution in [0.1, 0.15) is 37.5 Å². The first-order chi connectivity index (χ1) is 28.6. The summed E-state index contributed by atoms with van der Waals surface area (Å²) in [5, 5.41) is 30.2. The van der Waals surface area contributed by atoms with Gasteiger partial charge in [0.1, 0.15) is 11.5 Å². The van der Waals surface area contributed by atoms with Crippen molar-refractivity contribution in [3.8, 4) is 11.5 Å². The van der Waals surface area contributed by atoms with Gasteiger partial charge in [-0.1, -0.05) is 12.1 Å². The fraction of sp³-hybridized carbons (Fsp3) is 0.0541. The first-order valence-corrected chi connectivity index (χ1v) is 22.8. The van der Waals surface area contributed by atoms with Crippen LogP contribution in [-0.4, -0.2) is 79.9 Å². The third-order valence-corrected chi connectivity index (χ3v) is 12.5. The molecule has 0 bridgehead atoms. The number of hydrogen-bond acceptors (Lipinski definition) is 15. The Hall–Kier alpha value is -2.71. The Kier molecular flexibility index (Phi) is 20.1. The second-order valence-corrected chi connectivity index (χ2v) is 19.2. The summed E-state index contributed by atoms with van der Waals surface area (Å²) in [7, 11) is -19.6. The van der Waals surface area contributed by atoms with Gasteiger partial charge < -0.3 is 26.6 Å². The average Bonchev–Trinajstić information content (AvgIpc) is 3.14. The summed E-state index contributed by atoms with van der Waals surface area (Å²) in [5.41, 5.74) is 0.218. The molecule has 29 heteroatoms. The van der Waals surface area contributed by atoms with Gasteiger partial charge in [0.05, 0.1) is 31.0 Å². The molecule has 0 aliphatic heterocycles. The molecular weight excluding hydrogens is 993 g/mol. The van der Waals surface area contributed by atoms with Crippen molar-refractivity contribution in [3.05, 3.63) is 107 Å². The number of imide groups is 2. The van der Waals surface area contributed by atoms with Gasteiger partial charge in [-0.3, -0.25) is 38.4 Å². The molecule has 0 saturated heterocycles. The number of rotatable bonds is 10. The maximum Gasteiger partial charge on any atom is 1.00 e. The van der Waals surface area contributed by atoms with Crippen LogP contribution in [0.2, 0.25) is 0 Å². The Labute approximate surface area is 470 Å². The number of amides is 4. The second kappa shape index (κ2) is 22.4. The minimum absolute atomic E-state index is 0. The van der Waals surface area contributed by atoms with E-state index >= 15 is 0 Å². The third-order valence-electron chi connectivity index (χ3n) is 9.13. The maximum absolute atomic E-state index is 13.2. The van der Waals surface area contributed by atoms with Crippen molar-refractivity contribution in [1.29, 1.82) is 0 Å². The summed E-state index contributed by atoms with van der Waals surface area (Å²) in [6.45, 7) is 3.11. The van der Waals surface area contributed by atoms with E-state index in [1.54, 1.807) is 13.8 Å². The van der Waals surface area contributed by atoms with Crippen LogP contribution in [0.4, 0.5) is 27.5 Å². The van der Waals surface area contributed by atoms with E-state index in [2.05, 4.69) is 10.6 Å². The smallest absolute Gasteiger partial charge is 1.00 e. The Morgan fingerprint density at radius 3 is 1.02 bits per heavy atom. The maximum atomic E-state index is 13.2. The number of benzene rings is 6. The molecular formula is C37H34N4Na4O17S4. The van der Waals surface area contributed by atoms with Crippen molar-refractivity contribution < 1.29 is 200 Å². The molecule has 6 rings (SSSR count). The van der Waals surface area contributed by atoms with Gasteiger partial charge >= 0.3 is 124 Å². The standard InChI is InChI=1S/C37H30N4O17S4.4Na.4H/c1-17-3-5-19(11-27(17)38-29-13-23(59(47,48)49)7-21-9-25(61(53,54)55)15-31(42)33(21)29)35(44)40-37(46)41-36(45)20-6-4-18(2)28(12-20)39-30-14-24(60(50,51)52)8-22-10-26(62(56,57)58)16-32(43)34(22)30;;;;;;;;/h3-16,38-39,42-43H,1-2H3,(H,47,48,49)(H,50,51,52)(H,53,54,55)(H,56,57,58)(H2,40,41,44,45,46);;;;;;;;/q;4*+1;4*-1. The van der Waals surface area contributed by atoms with Gasteiger partial charge in [0.25, 0.3) is 52.3 Å². The molecule has 0 unspecified atom stereocenters. The number of aromatic hydroxyl groups is 2. The van der Waals surface area contributed by atoms with Gasteiger partial charge in [-0.05, 0) is 96.4 Å². The number of anilines is 4. The topological polar surface area (TPSA) is 357 Å². The largest absolute Gasteiger partial charge is 1.00 e. The number of phenols is 2. The Bertz CT molecular complexity index is 3220. The molecule has 0 aliphatic carbocycles. The molecule has 10 N–H and O–H groups in total. The fourth-order valence-electron chi connectivity index (χ4n) is 6.14. The van der Waals surface area contributed by atoms with E-state index in [0.29, 0.717) is 23.3 Å². The van der Waals surface area contributed by atoms with Crippen LogP contribution < -0.4 is 139 Å². The number of carbonyl (C=O) groups excluding carboxylic acids is 3. The van der Waals surface area contributed by atoms with E-state index in [0.717, 1.165) is 36.4 Å². The number of phenolic OH excluding ortho intramolecular Hbond substituents is 2. The van der Waals surface area contributed by atoms with Crippen molar-refractivity contribution in [2.75, 3.05) is 10.6 Å². The molecule has 0 atom stereocenters. The molecule has 0 fully saturated rings. The van der Waals surface area contributed by atoms with E-state index < -0.39 is 89.4 Å². The first kappa shape index (κ1) is 59.4. The number of urea groups is 1. The molecule has 0 saturated carbocycles. The summed E-state index contributed by atoms with van der Waals surface area (Å²) >= 11 is 0. The van der Waals surface area contributed by atoms with Crippen molar-refractivity contribution in [2.24, 2.45) is 0 Å². The molecule has 0 spiro atoms. The van der Waals surface area contributed by atoms with Gasteiger partial charge in [0.2, 0.25) is 0 Å². The van der Waals surface area contributed by atoms with E-state index in [1.807, 2.05) is 10.6 Å². The van der Waals surface area contributed by atoms with E-state index in [1.165, 1.54) is 36.4 Å². The van der Waals surface area contributed by atoms with Gasteiger partial charge in [-0.25, -0.2) is 4.79 Å². The third kappa shape index (κ3) is 13.7. The molecule has 332 valence electrons. The molecule has 0 aromatic heterocycles. The molecule has 0 heterocycles. The summed E-state index contributed by atoms with van der Waals surface area (Å²) in [6.07, 6.45) is 0. The monoisotopic (exact) mass is 1030 g/mol. The number of nitrogens with one attached hydrogen (secondary N) is 4. The van der Waals surface area contributed by atoms with Crippen LogP contribution in [-0.2, 0) is 40.5 Å². The van der Waals surface area contributed by atoms with Crippen LogP contribution in [0, 0.1) is 13.8 Å². The fourth-order valence-corrected chi connectivity index (χ4v) is 8.30. The van der Waals surface area contributed by atoms with E-state index in [9.17, 15) is 76.5 Å². The minimum Gasteiger partial charge on any atom is -1.00 e. The predicted molar refractivity (Wildman–Crippen MR) is 224 cm³/mol. The molecule has 6 aromatic rings. The number of hydrogen-bond donors (Lipinski definition) is 10. The van der Waals surface area contributed by atoms with Crippen molar-refractivity contribution >= 4 is 103 Å². The second-order valence-electron chi connectivity index (χ2n) is 13.5. The Balaban J connectivity index is -0.00000561. The van der Waals surface area contributed by atoms with Crippen LogP contribution in [0.3, 0.4) is 0 Å². The summed E-state index contributed by atoms with van der Waals surface area (Å²) in [4.78, 5) is 36.2.